The molecular weight excluding hydrogens is 316 g/mol. The van der Waals surface area contributed by atoms with E-state index in [9.17, 15) is 9.59 Å². The minimum atomic E-state index is -0.352. The summed E-state index contributed by atoms with van der Waals surface area (Å²) in [7, 11) is 1.93. The lowest BCUT2D eigenvalue weighted by Crippen LogP contribution is -2.59. The average Bonchev–Trinajstić information content (AvgIpc) is 2.90. The van der Waals surface area contributed by atoms with Gasteiger partial charge in [0.1, 0.15) is 6.61 Å². The maximum atomic E-state index is 12.7. The van der Waals surface area contributed by atoms with Gasteiger partial charge in [-0.3, -0.25) is 4.79 Å². The minimum absolute atomic E-state index is 0.0201. The highest BCUT2D eigenvalue weighted by molar-refractivity contribution is 5.81. The molecule has 1 aromatic rings. The normalized spacial score (nSPS) is 33.2. The SMILES string of the molecule is Cc1cccc([C@H]2C[C@@H](N(C)C(=O)[C@H]3C[C@]4(COC(=O)N4)C3)C2)c1C. The van der Waals surface area contributed by atoms with Gasteiger partial charge in [-0.1, -0.05) is 18.2 Å². The number of cyclic esters (lactones) is 1. The number of benzene rings is 1. The third-order valence-corrected chi connectivity index (χ3v) is 6.57. The third kappa shape index (κ3) is 2.70. The zero-order valence-electron chi connectivity index (χ0n) is 15.2. The van der Waals surface area contributed by atoms with Gasteiger partial charge in [-0.25, -0.2) is 4.79 Å². The van der Waals surface area contributed by atoms with Crippen LogP contribution >= 0.6 is 0 Å². The molecule has 0 unspecified atom stereocenters. The van der Waals surface area contributed by atoms with Gasteiger partial charge >= 0.3 is 6.09 Å². The predicted octanol–water partition coefficient (Wildman–Crippen LogP) is 2.90. The van der Waals surface area contributed by atoms with Gasteiger partial charge in [0.05, 0.1) is 5.54 Å². The van der Waals surface area contributed by atoms with E-state index in [0.717, 1.165) is 12.8 Å². The van der Waals surface area contributed by atoms with Gasteiger partial charge in [0.15, 0.2) is 0 Å². The van der Waals surface area contributed by atoms with Crippen LogP contribution in [0.4, 0.5) is 4.79 Å². The van der Waals surface area contributed by atoms with E-state index in [1.165, 1.54) is 16.7 Å². The number of alkyl carbamates (subject to hydrolysis) is 1. The Labute approximate surface area is 148 Å². The Morgan fingerprint density at radius 1 is 1.28 bits per heavy atom. The highest BCUT2D eigenvalue weighted by Crippen LogP contribution is 2.45. The summed E-state index contributed by atoms with van der Waals surface area (Å²) in [4.78, 5) is 25.9. The van der Waals surface area contributed by atoms with Crippen molar-refractivity contribution in [2.75, 3.05) is 13.7 Å². The number of nitrogens with one attached hydrogen (secondary N) is 1. The lowest BCUT2D eigenvalue weighted by Gasteiger charge is -2.47. The Balaban J connectivity index is 1.31. The molecule has 0 bridgehead atoms. The first-order chi connectivity index (χ1) is 11.9. The van der Waals surface area contributed by atoms with E-state index < -0.39 is 0 Å². The van der Waals surface area contributed by atoms with Crippen molar-refractivity contribution in [1.82, 2.24) is 10.2 Å². The van der Waals surface area contributed by atoms with Crippen LogP contribution < -0.4 is 5.32 Å². The molecule has 1 heterocycles. The van der Waals surface area contributed by atoms with Crippen molar-refractivity contribution in [2.45, 2.75) is 57.0 Å². The summed E-state index contributed by atoms with van der Waals surface area (Å²) in [5.74, 6) is 0.804. The van der Waals surface area contributed by atoms with Gasteiger partial charge in [-0.2, -0.15) is 0 Å². The minimum Gasteiger partial charge on any atom is -0.447 e. The number of hydrogen-bond donors (Lipinski definition) is 1. The second kappa shape index (κ2) is 5.75. The van der Waals surface area contributed by atoms with Crippen molar-refractivity contribution >= 4 is 12.0 Å². The lowest BCUT2D eigenvalue weighted by molar-refractivity contribution is -0.143. The molecule has 0 aromatic heterocycles. The molecule has 1 spiro atoms. The molecule has 2 saturated carbocycles. The Morgan fingerprint density at radius 3 is 2.64 bits per heavy atom. The topological polar surface area (TPSA) is 58.6 Å². The molecule has 4 rings (SSSR count). The summed E-state index contributed by atoms with van der Waals surface area (Å²) in [6.45, 7) is 4.75. The Morgan fingerprint density at radius 2 is 2.00 bits per heavy atom. The molecule has 5 heteroatoms. The maximum Gasteiger partial charge on any atom is 0.407 e. The van der Waals surface area contributed by atoms with Crippen LogP contribution in [0.15, 0.2) is 18.2 Å². The average molecular weight is 342 g/mol. The van der Waals surface area contributed by atoms with Crippen molar-refractivity contribution in [3.05, 3.63) is 34.9 Å². The van der Waals surface area contributed by atoms with Crippen LogP contribution in [-0.4, -0.2) is 42.1 Å². The number of aryl methyl sites for hydroxylation is 1. The molecule has 0 radical (unpaired) electrons. The zero-order chi connectivity index (χ0) is 17.8. The standard InChI is InChI=1S/C20H26N2O3/c1-12-5-4-6-17(13(12)2)14-7-16(8-14)22(3)18(23)15-9-20(10-15)11-25-19(24)21-20/h4-6,14-16H,7-11H2,1-3H3,(H,21,24)/t14-,15-,16+,20+. The number of rotatable bonds is 3. The molecule has 134 valence electrons. The number of carbonyl (C=O) groups is 2. The van der Waals surface area contributed by atoms with Crippen molar-refractivity contribution in [2.24, 2.45) is 5.92 Å². The highest BCUT2D eigenvalue weighted by atomic mass is 16.6. The van der Waals surface area contributed by atoms with Crippen LogP contribution in [0.25, 0.3) is 0 Å². The van der Waals surface area contributed by atoms with Gasteiger partial charge in [-0.05, 0) is 62.1 Å². The second-order valence-electron chi connectivity index (χ2n) is 8.15. The number of nitrogens with zero attached hydrogens (tertiary/aromatic N) is 1. The van der Waals surface area contributed by atoms with Crippen LogP contribution in [-0.2, 0) is 9.53 Å². The fraction of sp³-hybridized carbons (Fsp3) is 0.600. The summed E-state index contributed by atoms with van der Waals surface area (Å²) < 4.78 is 4.99. The smallest absolute Gasteiger partial charge is 0.407 e. The van der Waals surface area contributed by atoms with Gasteiger partial charge in [0.25, 0.3) is 0 Å². The maximum absolute atomic E-state index is 12.7. The van der Waals surface area contributed by atoms with Gasteiger partial charge in [0, 0.05) is 19.0 Å². The molecular formula is C20H26N2O3. The molecule has 0 atom stereocenters. The van der Waals surface area contributed by atoms with Gasteiger partial charge in [0.2, 0.25) is 5.91 Å². The van der Waals surface area contributed by atoms with E-state index in [-0.39, 0.29) is 23.5 Å². The third-order valence-electron chi connectivity index (χ3n) is 6.57. The second-order valence-corrected chi connectivity index (χ2v) is 8.15. The van der Waals surface area contributed by atoms with Crippen LogP contribution in [0, 0.1) is 19.8 Å². The van der Waals surface area contributed by atoms with E-state index in [4.69, 9.17) is 4.74 Å². The molecule has 5 nitrogen and oxygen atoms in total. The molecule has 3 aliphatic rings. The van der Waals surface area contributed by atoms with Crippen molar-refractivity contribution in [1.29, 1.82) is 0 Å². The first-order valence-electron chi connectivity index (χ1n) is 9.16. The monoisotopic (exact) mass is 342 g/mol. The van der Waals surface area contributed by atoms with Crippen LogP contribution in [0.1, 0.15) is 48.3 Å². The Bertz CT molecular complexity index is 718. The van der Waals surface area contributed by atoms with E-state index in [1.807, 2.05) is 11.9 Å². The molecule has 1 saturated heterocycles. The summed E-state index contributed by atoms with van der Waals surface area (Å²) in [6, 6.07) is 6.85. The summed E-state index contributed by atoms with van der Waals surface area (Å²) >= 11 is 0. The molecule has 3 fully saturated rings. The summed E-state index contributed by atoms with van der Waals surface area (Å²) in [5, 5.41) is 2.86. The fourth-order valence-electron chi connectivity index (χ4n) is 4.61. The van der Waals surface area contributed by atoms with Crippen molar-refractivity contribution < 1.29 is 14.3 Å². The Kier molecular flexibility index (Phi) is 3.78. The van der Waals surface area contributed by atoms with Crippen molar-refractivity contribution in [3.8, 4) is 0 Å². The van der Waals surface area contributed by atoms with Crippen LogP contribution in [0.5, 0.6) is 0 Å². The number of hydrogen-bond acceptors (Lipinski definition) is 3. The van der Waals surface area contributed by atoms with E-state index in [1.54, 1.807) is 0 Å². The van der Waals surface area contributed by atoms with Crippen LogP contribution in [0.2, 0.25) is 0 Å². The first-order valence-corrected chi connectivity index (χ1v) is 9.16. The van der Waals surface area contributed by atoms with Crippen molar-refractivity contribution in [3.63, 3.8) is 0 Å². The quantitative estimate of drug-likeness (QED) is 0.919. The van der Waals surface area contributed by atoms with Gasteiger partial charge in [-0.15, -0.1) is 0 Å². The highest BCUT2D eigenvalue weighted by Gasteiger charge is 2.53. The van der Waals surface area contributed by atoms with E-state index in [2.05, 4.69) is 37.4 Å². The van der Waals surface area contributed by atoms with E-state index >= 15 is 0 Å². The predicted molar refractivity (Wildman–Crippen MR) is 94.4 cm³/mol. The molecule has 2 aliphatic carbocycles. The number of carbonyl (C=O) groups excluding carboxylic acids is 2. The fourth-order valence-corrected chi connectivity index (χ4v) is 4.61. The molecule has 1 aliphatic heterocycles. The lowest BCUT2D eigenvalue weighted by atomic mass is 9.67. The number of ether oxygens (including phenoxy) is 1. The largest absolute Gasteiger partial charge is 0.447 e. The zero-order valence-corrected chi connectivity index (χ0v) is 15.2. The number of amides is 2. The van der Waals surface area contributed by atoms with Gasteiger partial charge < -0.3 is 15.0 Å². The van der Waals surface area contributed by atoms with Crippen LogP contribution in [0.3, 0.4) is 0 Å². The summed E-state index contributed by atoms with van der Waals surface area (Å²) in [5.41, 5.74) is 3.88. The Hall–Kier alpha value is -2.04. The first kappa shape index (κ1) is 16.4. The molecule has 2 amide bonds. The van der Waals surface area contributed by atoms with E-state index in [0.29, 0.717) is 31.4 Å². The molecule has 25 heavy (non-hydrogen) atoms. The molecule has 1 aromatic carbocycles. The summed E-state index contributed by atoms with van der Waals surface area (Å²) in [6.07, 6.45) is 3.15. The molecule has 1 N–H and O–H groups in total.